The van der Waals surface area contributed by atoms with Gasteiger partial charge in [-0.25, -0.2) is 9.59 Å². The molecule has 0 rings (SSSR count). The standard InChI is InChI=1S/2CH2O3.5Ca.10H/c2*2-1(3)4;;;;;;;;;;;;;;;/h2*(H2,2,3,4);;;;;;;;;;;;;;;/q;;5*+2;10*-1. The molecule has 0 aliphatic carbocycles. The Hall–Kier alpha value is 4.84. The molecule has 0 aliphatic rings. The third-order valence-electron chi connectivity index (χ3n) is 0. The molecule has 0 radical (unpaired) electrons. The molecular weight excluding hydrogens is 320 g/mol. The molecule has 0 bridgehead atoms. The van der Waals surface area contributed by atoms with Crippen LogP contribution in [0, 0.1) is 0 Å². The molecule has 0 fully saturated rings. The summed E-state index contributed by atoms with van der Waals surface area (Å²) in [5.41, 5.74) is 0. The number of hydrogen-bond donors (Lipinski definition) is 4. The molecule has 0 saturated heterocycles. The third kappa shape index (κ3) is 158. The van der Waals surface area contributed by atoms with Gasteiger partial charge in [-0.3, -0.25) is 0 Å². The van der Waals surface area contributed by atoms with Crippen molar-refractivity contribution in [3.63, 3.8) is 0 Å². The van der Waals surface area contributed by atoms with Gasteiger partial charge < -0.3 is 34.7 Å². The van der Waals surface area contributed by atoms with Gasteiger partial charge in [-0.15, -0.1) is 0 Å². The summed E-state index contributed by atoms with van der Waals surface area (Å²) in [7, 11) is 0. The number of hydrogen-bond acceptors (Lipinski definition) is 2. The van der Waals surface area contributed by atoms with Gasteiger partial charge in [0.25, 0.3) is 0 Å². The van der Waals surface area contributed by atoms with Gasteiger partial charge in [-0.1, -0.05) is 0 Å². The molecule has 13 heavy (non-hydrogen) atoms. The van der Waals surface area contributed by atoms with E-state index in [4.69, 9.17) is 30.0 Å². The maximum atomic E-state index is 8.56. The van der Waals surface area contributed by atoms with Crippen molar-refractivity contribution in [1.29, 1.82) is 0 Å². The SMILES string of the molecule is O=C(O)O.O=C(O)O.[Ca+2].[Ca+2].[Ca+2].[Ca+2].[Ca+2].[H-].[H-].[H-].[H-].[H-].[H-].[H-].[H-].[H-].[H-]. The first-order valence-electron chi connectivity index (χ1n) is 1.30. The number of carboxylic acid groups (broad SMARTS) is 4. The third-order valence-corrected chi connectivity index (χ3v) is 0. The van der Waals surface area contributed by atoms with Crippen molar-refractivity contribution in [2.45, 2.75) is 0 Å². The summed E-state index contributed by atoms with van der Waals surface area (Å²) in [6, 6.07) is 0. The van der Waals surface area contributed by atoms with E-state index < -0.39 is 12.3 Å². The maximum absolute atomic E-state index is 8.56. The van der Waals surface area contributed by atoms with E-state index in [-0.39, 0.29) is 203 Å². The summed E-state index contributed by atoms with van der Waals surface area (Å²) in [6.45, 7) is 0. The fraction of sp³-hybridized carbons (Fsp3) is 0. The molecule has 0 saturated carbocycles. The van der Waals surface area contributed by atoms with E-state index in [9.17, 15) is 0 Å². The smallest absolute Gasteiger partial charge is 1.00 e. The van der Waals surface area contributed by atoms with E-state index >= 15 is 0 Å². The van der Waals surface area contributed by atoms with Crippen LogP contribution in [0.3, 0.4) is 0 Å². The van der Waals surface area contributed by atoms with Gasteiger partial charge >= 0.3 is 201 Å². The molecule has 0 heterocycles. The van der Waals surface area contributed by atoms with E-state index in [2.05, 4.69) is 0 Å². The Kier molecular flexibility index (Phi) is 119. The molecule has 6 nitrogen and oxygen atoms in total. The maximum Gasteiger partial charge on any atom is 2.00 e. The second kappa shape index (κ2) is 36.0. The molecule has 4 N–H and O–H groups in total. The van der Waals surface area contributed by atoms with E-state index in [1.807, 2.05) is 0 Å². The minimum Gasteiger partial charge on any atom is -1.00 e. The number of rotatable bonds is 0. The van der Waals surface area contributed by atoms with Gasteiger partial charge in [0.1, 0.15) is 0 Å². The van der Waals surface area contributed by atoms with Crippen LogP contribution in [0.2, 0.25) is 0 Å². The zero-order chi connectivity index (χ0) is 7.15. The summed E-state index contributed by atoms with van der Waals surface area (Å²) in [5, 5.41) is 27.9. The van der Waals surface area contributed by atoms with Gasteiger partial charge in [0.15, 0.2) is 0 Å². The average Bonchev–Trinajstić information content (AvgIpc) is 1.25. The molecule has 0 spiro atoms. The first kappa shape index (κ1) is 43.1. The molecule has 0 aromatic carbocycles. The van der Waals surface area contributed by atoms with E-state index in [1.54, 1.807) is 0 Å². The van der Waals surface area contributed by atoms with Crippen molar-refractivity contribution < 1.29 is 44.3 Å². The molecule has 0 amide bonds. The van der Waals surface area contributed by atoms with Crippen molar-refractivity contribution in [2.24, 2.45) is 0 Å². The second-order valence-corrected chi connectivity index (χ2v) is 0.565. The van der Waals surface area contributed by atoms with Crippen molar-refractivity contribution in [2.75, 3.05) is 0 Å². The fourth-order valence-electron chi connectivity index (χ4n) is 0. The minimum absolute atomic E-state index is 0. The Labute approximate surface area is 239 Å². The summed E-state index contributed by atoms with van der Waals surface area (Å²) < 4.78 is 0. The van der Waals surface area contributed by atoms with Crippen LogP contribution in [0.15, 0.2) is 0 Å². The second-order valence-electron chi connectivity index (χ2n) is 0.565. The molecule has 0 unspecified atom stereocenters. The van der Waals surface area contributed by atoms with Crippen molar-refractivity contribution in [3.05, 3.63) is 0 Å². The van der Waals surface area contributed by atoms with Crippen LogP contribution >= 0.6 is 0 Å². The van der Waals surface area contributed by atoms with Crippen LogP contribution in [0.5, 0.6) is 0 Å². The zero-order valence-electron chi connectivity index (χ0n) is 17.1. The van der Waals surface area contributed by atoms with Gasteiger partial charge in [0.05, 0.1) is 0 Å². The fourth-order valence-corrected chi connectivity index (χ4v) is 0. The molecule has 0 aliphatic heterocycles. The molecule has 0 aromatic heterocycles. The Morgan fingerprint density at radius 2 is 0.615 bits per heavy atom. The zero-order valence-corrected chi connectivity index (χ0v) is 18.2. The summed E-state index contributed by atoms with van der Waals surface area (Å²) >= 11 is 0. The van der Waals surface area contributed by atoms with Gasteiger partial charge in [-0.2, -0.15) is 0 Å². The predicted octanol–water partition coefficient (Wildman–Crippen LogP) is -0.334. The first-order valence-corrected chi connectivity index (χ1v) is 1.30. The van der Waals surface area contributed by atoms with Gasteiger partial charge in [-0.05, 0) is 0 Å². The summed E-state index contributed by atoms with van der Waals surface area (Å²) in [6.07, 6.45) is -3.67. The predicted molar refractivity (Wildman–Crippen MR) is 61.2 cm³/mol. The molecule has 68 valence electrons. The van der Waals surface area contributed by atoms with Crippen LogP contribution in [0.25, 0.3) is 0 Å². The molecule has 0 atom stereocenters. The topological polar surface area (TPSA) is 115 Å². The average molecular weight is 335 g/mol. The largest absolute Gasteiger partial charge is 2.00 e. The van der Waals surface area contributed by atoms with Crippen LogP contribution in [0.1, 0.15) is 14.3 Å². The van der Waals surface area contributed by atoms with Crippen LogP contribution < -0.4 is 0 Å². The monoisotopic (exact) mass is 334 g/mol. The summed E-state index contributed by atoms with van der Waals surface area (Å²) in [5.74, 6) is 0. The number of carbonyl (C=O) groups is 2. The quantitative estimate of drug-likeness (QED) is 0.451. The normalized spacial score (nSPS) is 3.69. The minimum atomic E-state index is -1.83. The Bertz CT molecular complexity index is 99.7. The van der Waals surface area contributed by atoms with E-state index in [1.165, 1.54) is 0 Å². The van der Waals surface area contributed by atoms with Crippen molar-refractivity contribution in [1.82, 2.24) is 0 Å². The Balaban J connectivity index is -0.00000000126. The molecule has 0 aromatic rings. The van der Waals surface area contributed by atoms with E-state index in [0.717, 1.165) is 0 Å². The molecule has 11 heteroatoms. The Morgan fingerprint density at radius 3 is 0.615 bits per heavy atom. The Morgan fingerprint density at radius 1 is 0.615 bits per heavy atom. The molecular formula is C2H14Ca5O6. The van der Waals surface area contributed by atoms with Crippen LogP contribution in [-0.2, 0) is 0 Å². The van der Waals surface area contributed by atoms with Crippen molar-refractivity contribution >= 4 is 201 Å². The van der Waals surface area contributed by atoms with Gasteiger partial charge in [0.2, 0.25) is 0 Å². The van der Waals surface area contributed by atoms with Crippen molar-refractivity contribution in [3.8, 4) is 0 Å². The van der Waals surface area contributed by atoms with Crippen LogP contribution in [-0.4, -0.2) is 221 Å². The first-order chi connectivity index (χ1) is 3.46. The van der Waals surface area contributed by atoms with Crippen LogP contribution in [0.4, 0.5) is 9.59 Å². The summed E-state index contributed by atoms with van der Waals surface area (Å²) in [4.78, 5) is 17.1. The van der Waals surface area contributed by atoms with E-state index in [0.29, 0.717) is 0 Å². The van der Waals surface area contributed by atoms with Gasteiger partial charge in [0, 0.05) is 0 Å².